The number of para-hydroxylation sites is 1. The second-order valence-corrected chi connectivity index (χ2v) is 6.74. The smallest absolute Gasteiger partial charge is 0.261 e. The molecule has 6 nitrogen and oxygen atoms in total. The molecule has 0 atom stereocenters. The van der Waals surface area contributed by atoms with Crippen LogP contribution in [0.15, 0.2) is 48.7 Å². The Balaban J connectivity index is 1.78. The first-order valence-corrected chi connectivity index (χ1v) is 8.81. The van der Waals surface area contributed by atoms with Crippen molar-refractivity contribution in [3.05, 3.63) is 71.3 Å². The van der Waals surface area contributed by atoms with Crippen molar-refractivity contribution in [2.45, 2.75) is 20.8 Å². The second kappa shape index (κ2) is 6.39. The van der Waals surface area contributed by atoms with Crippen LogP contribution in [0.4, 0.5) is 5.69 Å². The van der Waals surface area contributed by atoms with E-state index < -0.39 is 0 Å². The van der Waals surface area contributed by atoms with E-state index in [1.165, 1.54) is 0 Å². The van der Waals surface area contributed by atoms with Crippen LogP contribution in [0.2, 0.25) is 0 Å². The van der Waals surface area contributed by atoms with Crippen molar-refractivity contribution in [3.8, 4) is 5.82 Å². The normalized spacial score (nSPS) is 11.1. The van der Waals surface area contributed by atoms with Crippen LogP contribution in [0.3, 0.4) is 0 Å². The number of pyridine rings is 1. The van der Waals surface area contributed by atoms with Gasteiger partial charge in [0.2, 0.25) is 0 Å². The fourth-order valence-corrected chi connectivity index (χ4v) is 3.46. The summed E-state index contributed by atoms with van der Waals surface area (Å²) in [6.45, 7) is 5.95. The molecular formula is C21H21N5O. The molecule has 4 rings (SSSR count). The number of fused-ring (bicyclic) bond motifs is 1. The summed E-state index contributed by atoms with van der Waals surface area (Å²) in [6, 6.07) is 13.7. The molecule has 27 heavy (non-hydrogen) atoms. The molecule has 0 saturated heterocycles. The van der Waals surface area contributed by atoms with E-state index in [9.17, 15) is 4.79 Å². The Bertz CT molecular complexity index is 1150. The minimum absolute atomic E-state index is 0.193. The molecule has 0 aliphatic heterocycles. The molecule has 0 spiro atoms. The predicted octanol–water partition coefficient (Wildman–Crippen LogP) is 3.94. The highest BCUT2D eigenvalue weighted by molar-refractivity contribution is 6.10. The lowest BCUT2D eigenvalue weighted by Crippen LogP contribution is -2.17. The summed E-state index contributed by atoms with van der Waals surface area (Å²) >= 11 is 0. The number of hydrogen-bond acceptors (Lipinski definition) is 3. The minimum atomic E-state index is -0.193. The SMILES string of the molecule is Cc1cc(NC(=O)c2cnn(C)c2-n2c(C)ccc2C)c2ccccc2n1. The van der Waals surface area contributed by atoms with Crippen molar-refractivity contribution in [3.63, 3.8) is 0 Å². The summed E-state index contributed by atoms with van der Waals surface area (Å²) in [5.74, 6) is 0.559. The maximum Gasteiger partial charge on any atom is 0.261 e. The number of hydrogen-bond donors (Lipinski definition) is 1. The van der Waals surface area contributed by atoms with Crippen LogP contribution in [0.1, 0.15) is 27.4 Å². The van der Waals surface area contributed by atoms with Gasteiger partial charge in [0.15, 0.2) is 0 Å². The maximum atomic E-state index is 13.1. The van der Waals surface area contributed by atoms with Crippen molar-refractivity contribution >= 4 is 22.5 Å². The first kappa shape index (κ1) is 17.0. The van der Waals surface area contributed by atoms with E-state index in [1.807, 2.05) is 74.9 Å². The Labute approximate surface area is 157 Å². The number of rotatable bonds is 3. The number of nitrogens with one attached hydrogen (secondary N) is 1. The molecule has 1 aromatic carbocycles. The zero-order chi connectivity index (χ0) is 19.1. The van der Waals surface area contributed by atoms with E-state index in [0.717, 1.165) is 39.5 Å². The molecule has 0 radical (unpaired) electrons. The van der Waals surface area contributed by atoms with Crippen LogP contribution in [0.25, 0.3) is 16.7 Å². The van der Waals surface area contributed by atoms with Crippen LogP contribution in [-0.2, 0) is 7.05 Å². The Morgan fingerprint density at radius 1 is 1.04 bits per heavy atom. The molecule has 3 heterocycles. The first-order valence-electron chi connectivity index (χ1n) is 8.81. The van der Waals surface area contributed by atoms with E-state index in [1.54, 1.807) is 10.9 Å². The van der Waals surface area contributed by atoms with Crippen LogP contribution in [0, 0.1) is 20.8 Å². The maximum absolute atomic E-state index is 13.1. The first-order chi connectivity index (χ1) is 13.0. The molecule has 0 bridgehead atoms. The molecule has 1 amide bonds. The zero-order valence-corrected chi connectivity index (χ0v) is 15.8. The van der Waals surface area contributed by atoms with Crippen LogP contribution < -0.4 is 5.32 Å². The quantitative estimate of drug-likeness (QED) is 0.603. The van der Waals surface area contributed by atoms with E-state index in [0.29, 0.717) is 5.56 Å². The summed E-state index contributed by atoms with van der Waals surface area (Å²) in [5.41, 5.74) is 5.09. The van der Waals surface area contributed by atoms with Gasteiger partial charge in [-0.3, -0.25) is 14.5 Å². The lowest BCUT2D eigenvalue weighted by Gasteiger charge is -2.13. The van der Waals surface area contributed by atoms with Crippen molar-refractivity contribution in [2.75, 3.05) is 5.32 Å². The number of aromatic nitrogens is 4. The second-order valence-electron chi connectivity index (χ2n) is 6.74. The third kappa shape index (κ3) is 2.89. The van der Waals surface area contributed by atoms with Gasteiger partial charge in [-0.2, -0.15) is 5.10 Å². The monoisotopic (exact) mass is 359 g/mol. The van der Waals surface area contributed by atoms with Crippen molar-refractivity contribution < 1.29 is 4.79 Å². The van der Waals surface area contributed by atoms with Crippen molar-refractivity contribution in [2.24, 2.45) is 7.05 Å². The summed E-state index contributed by atoms with van der Waals surface area (Å²) < 4.78 is 3.77. The van der Waals surface area contributed by atoms with Gasteiger partial charge in [0, 0.05) is 29.5 Å². The van der Waals surface area contributed by atoms with Gasteiger partial charge in [0.25, 0.3) is 5.91 Å². The van der Waals surface area contributed by atoms with Crippen molar-refractivity contribution in [1.29, 1.82) is 0 Å². The van der Waals surface area contributed by atoms with Crippen LogP contribution in [-0.4, -0.2) is 25.2 Å². The van der Waals surface area contributed by atoms with Gasteiger partial charge in [-0.15, -0.1) is 0 Å². The van der Waals surface area contributed by atoms with Gasteiger partial charge in [-0.05, 0) is 45.0 Å². The fourth-order valence-electron chi connectivity index (χ4n) is 3.46. The minimum Gasteiger partial charge on any atom is -0.321 e. The number of aryl methyl sites for hydroxylation is 4. The average Bonchev–Trinajstić information content (AvgIpc) is 3.16. The average molecular weight is 359 g/mol. The Kier molecular flexibility index (Phi) is 4.03. The van der Waals surface area contributed by atoms with E-state index in [4.69, 9.17) is 0 Å². The topological polar surface area (TPSA) is 64.7 Å². The van der Waals surface area contributed by atoms with Gasteiger partial charge in [-0.25, -0.2) is 0 Å². The number of anilines is 1. The molecule has 1 N–H and O–H groups in total. The van der Waals surface area contributed by atoms with Gasteiger partial charge >= 0.3 is 0 Å². The molecule has 0 fully saturated rings. The molecule has 4 aromatic rings. The molecule has 0 aliphatic rings. The van der Waals surface area contributed by atoms with E-state index >= 15 is 0 Å². The lowest BCUT2D eigenvalue weighted by molar-refractivity contribution is 0.102. The number of amides is 1. The number of carbonyl (C=O) groups excluding carboxylic acids is 1. The Hall–Kier alpha value is -3.41. The Morgan fingerprint density at radius 3 is 2.48 bits per heavy atom. The lowest BCUT2D eigenvalue weighted by atomic mass is 10.1. The third-order valence-electron chi connectivity index (χ3n) is 4.73. The Morgan fingerprint density at radius 2 is 1.74 bits per heavy atom. The van der Waals surface area contributed by atoms with Gasteiger partial charge in [-0.1, -0.05) is 18.2 Å². The molecule has 3 aromatic heterocycles. The summed E-state index contributed by atoms with van der Waals surface area (Å²) in [6.07, 6.45) is 1.61. The summed E-state index contributed by atoms with van der Waals surface area (Å²) in [4.78, 5) is 17.7. The van der Waals surface area contributed by atoms with Crippen LogP contribution >= 0.6 is 0 Å². The fraction of sp³-hybridized carbons (Fsp3) is 0.190. The zero-order valence-electron chi connectivity index (χ0n) is 15.8. The summed E-state index contributed by atoms with van der Waals surface area (Å²) in [7, 11) is 1.84. The van der Waals surface area contributed by atoms with Gasteiger partial charge < -0.3 is 9.88 Å². The molecular weight excluding hydrogens is 338 g/mol. The molecule has 0 saturated carbocycles. The molecule has 0 unspecified atom stereocenters. The molecule has 136 valence electrons. The highest BCUT2D eigenvalue weighted by Crippen LogP contribution is 2.25. The van der Waals surface area contributed by atoms with Crippen LogP contribution in [0.5, 0.6) is 0 Å². The molecule has 6 heteroatoms. The highest BCUT2D eigenvalue weighted by Gasteiger charge is 2.20. The number of benzene rings is 1. The molecule has 0 aliphatic carbocycles. The number of nitrogens with zero attached hydrogens (tertiary/aromatic N) is 4. The number of carbonyl (C=O) groups is 1. The highest BCUT2D eigenvalue weighted by atomic mass is 16.1. The standard InChI is InChI=1S/C21H21N5O/c1-13-11-19(16-7-5-6-8-18(16)23-13)24-20(27)17-12-22-25(4)21(17)26-14(2)9-10-15(26)3/h5-12H,1-4H3,(H,23,24,27). The largest absolute Gasteiger partial charge is 0.321 e. The predicted molar refractivity (Wildman–Crippen MR) is 106 cm³/mol. The van der Waals surface area contributed by atoms with E-state index in [-0.39, 0.29) is 5.91 Å². The summed E-state index contributed by atoms with van der Waals surface area (Å²) in [5, 5.41) is 8.28. The van der Waals surface area contributed by atoms with Crippen molar-refractivity contribution in [1.82, 2.24) is 19.3 Å². The third-order valence-corrected chi connectivity index (χ3v) is 4.73. The van der Waals surface area contributed by atoms with Gasteiger partial charge in [0.05, 0.1) is 17.4 Å². The van der Waals surface area contributed by atoms with Gasteiger partial charge in [0.1, 0.15) is 11.4 Å². The van der Waals surface area contributed by atoms with E-state index in [2.05, 4.69) is 15.4 Å².